The van der Waals surface area contributed by atoms with E-state index in [4.69, 9.17) is 9.84 Å². The Morgan fingerprint density at radius 1 is 1.15 bits per heavy atom. The van der Waals surface area contributed by atoms with Crippen molar-refractivity contribution in [2.45, 2.75) is 27.3 Å². The number of benzene rings is 1. The van der Waals surface area contributed by atoms with Gasteiger partial charge in [-0.05, 0) is 56.2 Å². The normalized spacial score (nSPS) is 12.5. The summed E-state index contributed by atoms with van der Waals surface area (Å²) >= 11 is 0. The van der Waals surface area contributed by atoms with Gasteiger partial charge in [-0.3, -0.25) is 0 Å². The van der Waals surface area contributed by atoms with Gasteiger partial charge >= 0.3 is 0 Å². The minimum atomic E-state index is 0.693. The van der Waals surface area contributed by atoms with Crippen LogP contribution in [0.25, 0.3) is 11.2 Å². The molecule has 0 saturated heterocycles. The Balaban J connectivity index is 1.81. The van der Waals surface area contributed by atoms with E-state index < -0.39 is 0 Å². The van der Waals surface area contributed by atoms with Crippen LogP contribution in [-0.2, 0) is 6.54 Å². The lowest BCUT2D eigenvalue weighted by atomic mass is 10.1. The zero-order valence-corrected chi connectivity index (χ0v) is 15.7. The lowest BCUT2D eigenvalue weighted by molar-refractivity contribution is 0.414. The molecule has 0 fully saturated rings. The van der Waals surface area contributed by atoms with Crippen LogP contribution in [0, 0.1) is 0 Å². The van der Waals surface area contributed by atoms with E-state index in [0.717, 1.165) is 28.5 Å². The predicted octanol–water partition coefficient (Wildman–Crippen LogP) is 4.72. The number of allylic oxidation sites excluding steroid dienone is 4. The third-order valence-electron chi connectivity index (χ3n) is 4.30. The van der Waals surface area contributed by atoms with Crippen LogP contribution in [0.15, 0.2) is 60.3 Å². The van der Waals surface area contributed by atoms with Gasteiger partial charge in [0.15, 0.2) is 5.65 Å². The van der Waals surface area contributed by atoms with Gasteiger partial charge in [0.1, 0.15) is 11.6 Å². The molecule has 0 aliphatic heterocycles. The minimum Gasteiger partial charge on any atom is -0.497 e. The van der Waals surface area contributed by atoms with Gasteiger partial charge in [-0.25, -0.2) is 9.50 Å². The molecule has 1 N–H and O–H groups in total. The minimum absolute atomic E-state index is 0.693. The number of anilines is 1. The number of hydrogen-bond donors (Lipinski definition) is 1. The molecule has 5 nitrogen and oxygen atoms in total. The molecule has 3 rings (SSSR count). The number of methoxy groups -OCH3 is 1. The first-order valence-electron chi connectivity index (χ1n) is 8.64. The van der Waals surface area contributed by atoms with Gasteiger partial charge in [0.25, 0.3) is 0 Å². The molecule has 26 heavy (non-hydrogen) atoms. The standard InChI is InChI=1S/C21H24N4O/c1-5-15(2)12-16(3)19-14-23-21-11-10-20(24-25(19)21)22-13-17-6-8-18(26-4)9-7-17/h5-12,14H,13H2,1-4H3,(H,22,24)/b15-5-,16-12+. The topological polar surface area (TPSA) is 51.5 Å². The van der Waals surface area contributed by atoms with E-state index in [1.54, 1.807) is 7.11 Å². The van der Waals surface area contributed by atoms with Gasteiger partial charge in [0.05, 0.1) is 19.0 Å². The summed E-state index contributed by atoms with van der Waals surface area (Å²) in [6.07, 6.45) is 6.09. The second-order valence-corrected chi connectivity index (χ2v) is 6.19. The van der Waals surface area contributed by atoms with Crippen LogP contribution in [0.1, 0.15) is 32.0 Å². The van der Waals surface area contributed by atoms with Crippen LogP contribution >= 0.6 is 0 Å². The largest absolute Gasteiger partial charge is 0.497 e. The quantitative estimate of drug-likeness (QED) is 0.655. The fraction of sp³-hybridized carbons (Fsp3) is 0.238. The average Bonchev–Trinajstić information content (AvgIpc) is 3.10. The Morgan fingerprint density at radius 3 is 2.62 bits per heavy atom. The fourth-order valence-electron chi connectivity index (χ4n) is 2.67. The molecule has 0 atom stereocenters. The highest BCUT2D eigenvalue weighted by molar-refractivity contribution is 5.66. The Bertz CT molecular complexity index is 952. The zero-order valence-electron chi connectivity index (χ0n) is 15.7. The number of aromatic nitrogens is 3. The van der Waals surface area contributed by atoms with E-state index in [1.807, 2.05) is 54.0 Å². The van der Waals surface area contributed by atoms with E-state index in [0.29, 0.717) is 6.54 Å². The highest BCUT2D eigenvalue weighted by Crippen LogP contribution is 2.19. The number of hydrogen-bond acceptors (Lipinski definition) is 4. The highest BCUT2D eigenvalue weighted by Gasteiger charge is 2.07. The maximum absolute atomic E-state index is 5.19. The SMILES string of the molecule is C/C=C(C)\C=C(/C)c1cnc2ccc(NCc3ccc(OC)cc3)nn12. The Hall–Kier alpha value is -3.08. The highest BCUT2D eigenvalue weighted by atomic mass is 16.5. The maximum Gasteiger partial charge on any atom is 0.154 e. The van der Waals surface area contributed by atoms with Crippen molar-refractivity contribution in [2.75, 3.05) is 12.4 Å². The summed E-state index contributed by atoms with van der Waals surface area (Å²) in [5.41, 5.74) is 5.34. The van der Waals surface area contributed by atoms with Crippen molar-refractivity contribution < 1.29 is 4.74 Å². The van der Waals surface area contributed by atoms with Gasteiger partial charge in [-0.15, -0.1) is 5.10 Å². The summed E-state index contributed by atoms with van der Waals surface area (Å²) in [4.78, 5) is 4.45. The van der Waals surface area contributed by atoms with E-state index in [2.05, 4.69) is 36.3 Å². The van der Waals surface area contributed by atoms with Crippen LogP contribution in [0.4, 0.5) is 5.82 Å². The molecule has 0 saturated carbocycles. The third kappa shape index (κ3) is 3.94. The van der Waals surface area contributed by atoms with Crippen molar-refractivity contribution in [2.24, 2.45) is 0 Å². The molecule has 2 aromatic heterocycles. The summed E-state index contributed by atoms with van der Waals surface area (Å²) in [5, 5.41) is 8.06. The summed E-state index contributed by atoms with van der Waals surface area (Å²) in [7, 11) is 1.67. The van der Waals surface area contributed by atoms with E-state index >= 15 is 0 Å². The Kier molecular flexibility index (Phi) is 5.37. The molecule has 0 spiro atoms. The number of rotatable bonds is 6. The van der Waals surface area contributed by atoms with Gasteiger partial charge in [-0.1, -0.05) is 29.9 Å². The third-order valence-corrected chi connectivity index (χ3v) is 4.30. The molecule has 0 aliphatic rings. The second kappa shape index (κ2) is 7.87. The summed E-state index contributed by atoms with van der Waals surface area (Å²) in [6.45, 7) is 6.89. The molecular formula is C21H24N4O. The summed E-state index contributed by atoms with van der Waals surface area (Å²) < 4.78 is 7.07. The number of fused-ring (bicyclic) bond motifs is 1. The van der Waals surface area contributed by atoms with Crippen molar-refractivity contribution in [3.8, 4) is 5.75 Å². The molecule has 0 radical (unpaired) electrons. The molecule has 1 aromatic carbocycles. The predicted molar refractivity (Wildman–Crippen MR) is 106 cm³/mol. The Morgan fingerprint density at radius 2 is 1.92 bits per heavy atom. The van der Waals surface area contributed by atoms with Crippen molar-refractivity contribution in [3.05, 3.63) is 71.6 Å². The number of nitrogens with zero attached hydrogens (tertiary/aromatic N) is 3. The molecule has 0 unspecified atom stereocenters. The molecule has 3 aromatic rings. The molecule has 0 amide bonds. The average molecular weight is 348 g/mol. The molecular weight excluding hydrogens is 324 g/mol. The van der Waals surface area contributed by atoms with E-state index in [1.165, 1.54) is 11.1 Å². The van der Waals surface area contributed by atoms with Gasteiger partial charge in [0.2, 0.25) is 0 Å². The van der Waals surface area contributed by atoms with Crippen LogP contribution in [-0.4, -0.2) is 21.7 Å². The molecule has 5 heteroatoms. The lowest BCUT2D eigenvalue weighted by Gasteiger charge is -2.08. The number of imidazole rings is 1. The van der Waals surface area contributed by atoms with E-state index in [-0.39, 0.29) is 0 Å². The zero-order chi connectivity index (χ0) is 18.5. The number of ether oxygens (including phenoxy) is 1. The van der Waals surface area contributed by atoms with Crippen molar-refractivity contribution in [1.29, 1.82) is 0 Å². The smallest absolute Gasteiger partial charge is 0.154 e. The Labute approximate surface area is 154 Å². The van der Waals surface area contributed by atoms with Crippen molar-refractivity contribution in [1.82, 2.24) is 14.6 Å². The van der Waals surface area contributed by atoms with Crippen molar-refractivity contribution in [3.63, 3.8) is 0 Å². The maximum atomic E-state index is 5.19. The monoisotopic (exact) mass is 348 g/mol. The first-order chi connectivity index (χ1) is 12.6. The summed E-state index contributed by atoms with van der Waals surface area (Å²) in [6, 6.07) is 11.9. The van der Waals surface area contributed by atoms with Gasteiger partial charge < -0.3 is 10.1 Å². The van der Waals surface area contributed by atoms with Gasteiger partial charge in [-0.2, -0.15) is 0 Å². The lowest BCUT2D eigenvalue weighted by Crippen LogP contribution is -2.05. The first-order valence-corrected chi connectivity index (χ1v) is 8.64. The van der Waals surface area contributed by atoms with Crippen LogP contribution in [0.2, 0.25) is 0 Å². The second-order valence-electron chi connectivity index (χ2n) is 6.19. The molecule has 0 aliphatic carbocycles. The summed E-state index contributed by atoms with van der Waals surface area (Å²) in [5.74, 6) is 1.66. The molecule has 134 valence electrons. The van der Waals surface area contributed by atoms with Gasteiger partial charge in [0, 0.05) is 6.54 Å². The molecule has 0 bridgehead atoms. The number of nitrogens with one attached hydrogen (secondary N) is 1. The van der Waals surface area contributed by atoms with E-state index in [9.17, 15) is 0 Å². The van der Waals surface area contributed by atoms with Crippen LogP contribution in [0.5, 0.6) is 5.75 Å². The van der Waals surface area contributed by atoms with Crippen molar-refractivity contribution >= 4 is 17.0 Å². The van der Waals surface area contributed by atoms with Crippen LogP contribution in [0.3, 0.4) is 0 Å². The fourth-order valence-corrected chi connectivity index (χ4v) is 2.67. The van der Waals surface area contributed by atoms with Crippen LogP contribution < -0.4 is 10.1 Å². The molecule has 2 heterocycles. The first kappa shape index (κ1) is 17.7.